The Balaban J connectivity index is 1.57. The van der Waals surface area contributed by atoms with Gasteiger partial charge in [-0.2, -0.15) is 0 Å². The highest BCUT2D eigenvalue weighted by atomic mass is 32.2. The molecular formula is C18H33N3O2S. The molecule has 0 amide bonds. The van der Waals surface area contributed by atoms with Crippen LogP contribution in [0.25, 0.3) is 0 Å². The zero-order valence-corrected chi connectivity index (χ0v) is 15.6. The molecule has 0 aromatic heterocycles. The van der Waals surface area contributed by atoms with Crippen LogP contribution in [0.4, 0.5) is 0 Å². The fourth-order valence-corrected chi connectivity index (χ4v) is 6.10. The monoisotopic (exact) mass is 355 g/mol. The molecule has 1 atom stereocenters. The predicted octanol–water partition coefficient (Wildman–Crippen LogP) is 2.62. The van der Waals surface area contributed by atoms with Gasteiger partial charge in [-0.15, -0.1) is 0 Å². The molecule has 2 aliphatic carbocycles. The quantitative estimate of drug-likeness (QED) is 0.601. The Morgan fingerprint density at radius 3 is 1.83 bits per heavy atom. The second-order valence-corrected chi connectivity index (χ2v) is 10.1. The average Bonchev–Trinajstić information content (AvgIpc) is 2.94. The summed E-state index contributed by atoms with van der Waals surface area (Å²) in [5, 5.41) is 7.27. The molecule has 2 N–H and O–H groups in total. The molecule has 3 rings (SSSR count). The summed E-state index contributed by atoms with van der Waals surface area (Å²) < 4.78 is 23.3. The number of guanidine groups is 1. The molecular weight excluding hydrogens is 322 g/mol. The molecule has 1 aliphatic heterocycles. The van der Waals surface area contributed by atoms with Gasteiger partial charge < -0.3 is 10.6 Å². The first-order valence-corrected chi connectivity index (χ1v) is 11.7. The van der Waals surface area contributed by atoms with Crippen molar-refractivity contribution in [3.8, 4) is 0 Å². The van der Waals surface area contributed by atoms with Crippen molar-refractivity contribution in [2.24, 2.45) is 10.9 Å². The highest BCUT2D eigenvalue weighted by molar-refractivity contribution is 7.91. The molecule has 5 nitrogen and oxygen atoms in total. The van der Waals surface area contributed by atoms with E-state index in [1.165, 1.54) is 64.2 Å². The van der Waals surface area contributed by atoms with E-state index in [4.69, 9.17) is 4.99 Å². The normalized spacial score (nSPS) is 28.4. The van der Waals surface area contributed by atoms with Gasteiger partial charge in [-0.1, -0.05) is 38.5 Å². The van der Waals surface area contributed by atoms with E-state index in [1.807, 2.05) is 0 Å². The van der Waals surface area contributed by atoms with Crippen molar-refractivity contribution in [1.82, 2.24) is 10.6 Å². The van der Waals surface area contributed by atoms with E-state index in [9.17, 15) is 8.42 Å². The van der Waals surface area contributed by atoms with Gasteiger partial charge in [-0.25, -0.2) is 8.42 Å². The van der Waals surface area contributed by atoms with E-state index >= 15 is 0 Å². The van der Waals surface area contributed by atoms with Gasteiger partial charge in [0.2, 0.25) is 0 Å². The predicted molar refractivity (Wildman–Crippen MR) is 99.1 cm³/mol. The Morgan fingerprint density at radius 1 is 0.833 bits per heavy atom. The van der Waals surface area contributed by atoms with Crippen molar-refractivity contribution in [2.75, 3.05) is 18.1 Å². The number of hydrogen-bond acceptors (Lipinski definition) is 3. The molecule has 0 bridgehead atoms. The summed E-state index contributed by atoms with van der Waals surface area (Å²) in [6, 6.07) is 1.06. The molecule has 2 saturated carbocycles. The van der Waals surface area contributed by atoms with Crippen LogP contribution in [0.15, 0.2) is 4.99 Å². The Bertz CT molecular complexity index is 498. The smallest absolute Gasteiger partial charge is 0.191 e. The minimum Gasteiger partial charge on any atom is -0.354 e. The van der Waals surface area contributed by atoms with Crippen LogP contribution in [0.3, 0.4) is 0 Å². The lowest BCUT2D eigenvalue weighted by Gasteiger charge is -2.29. The van der Waals surface area contributed by atoms with Crippen molar-refractivity contribution in [3.63, 3.8) is 0 Å². The lowest BCUT2D eigenvalue weighted by Crippen LogP contribution is -2.48. The van der Waals surface area contributed by atoms with E-state index in [-0.39, 0.29) is 5.92 Å². The first kappa shape index (κ1) is 18.0. The van der Waals surface area contributed by atoms with E-state index in [0.29, 0.717) is 30.1 Å². The summed E-state index contributed by atoms with van der Waals surface area (Å²) in [5.41, 5.74) is 0. The molecule has 0 radical (unpaired) electrons. The fourth-order valence-electron chi connectivity index (χ4n) is 4.25. The Labute approximate surface area is 147 Å². The lowest BCUT2D eigenvalue weighted by molar-refractivity contribution is 0.388. The molecule has 6 heteroatoms. The number of sulfone groups is 1. The highest BCUT2D eigenvalue weighted by Gasteiger charge is 2.28. The summed E-state index contributed by atoms with van der Waals surface area (Å²) in [4.78, 5) is 4.79. The largest absolute Gasteiger partial charge is 0.354 e. The Hall–Kier alpha value is -0.780. The molecule has 3 fully saturated rings. The highest BCUT2D eigenvalue weighted by Crippen LogP contribution is 2.21. The number of nitrogens with zero attached hydrogens (tertiary/aromatic N) is 1. The van der Waals surface area contributed by atoms with Crippen molar-refractivity contribution in [3.05, 3.63) is 0 Å². The van der Waals surface area contributed by atoms with Crippen molar-refractivity contribution < 1.29 is 8.42 Å². The van der Waals surface area contributed by atoms with E-state index in [0.717, 1.165) is 12.4 Å². The van der Waals surface area contributed by atoms with Gasteiger partial charge in [-0.05, 0) is 38.0 Å². The van der Waals surface area contributed by atoms with Gasteiger partial charge in [0, 0.05) is 18.6 Å². The zero-order valence-electron chi connectivity index (χ0n) is 14.8. The standard InChI is InChI=1S/C18H33N3O2S/c22-24(23)12-11-15(14-24)13-19-18(20-16-7-3-1-4-8-16)21-17-9-5-2-6-10-17/h15-17H,1-14H2,(H2,19,20,21). The minimum atomic E-state index is -2.81. The van der Waals surface area contributed by atoms with Crippen LogP contribution in [0, 0.1) is 5.92 Å². The average molecular weight is 356 g/mol. The van der Waals surface area contributed by atoms with Crippen LogP contribution >= 0.6 is 0 Å². The van der Waals surface area contributed by atoms with Crippen LogP contribution in [-0.2, 0) is 9.84 Å². The Kier molecular flexibility index (Phi) is 6.42. The van der Waals surface area contributed by atoms with Crippen LogP contribution in [0.5, 0.6) is 0 Å². The second-order valence-electron chi connectivity index (χ2n) is 7.92. The van der Waals surface area contributed by atoms with E-state index < -0.39 is 9.84 Å². The summed E-state index contributed by atoms with van der Waals surface area (Å²) >= 11 is 0. The van der Waals surface area contributed by atoms with Crippen molar-refractivity contribution in [1.29, 1.82) is 0 Å². The zero-order chi connectivity index (χ0) is 16.8. The van der Waals surface area contributed by atoms with E-state index in [1.54, 1.807) is 0 Å². The first-order valence-electron chi connectivity index (χ1n) is 9.89. The van der Waals surface area contributed by atoms with Crippen LogP contribution in [-0.4, -0.2) is 44.5 Å². The third-order valence-electron chi connectivity index (χ3n) is 5.73. The molecule has 3 aliphatic rings. The summed E-state index contributed by atoms with van der Waals surface area (Å²) in [5.74, 6) is 1.79. The summed E-state index contributed by atoms with van der Waals surface area (Å²) in [6.45, 7) is 0.633. The van der Waals surface area contributed by atoms with Crippen molar-refractivity contribution in [2.45, 2.75) is 82.7 Å². The maximum absolute atomic E-state index is 11.6. The van der Waals surface area contributed by atoms with Gasteiger partial charge in [0.15, 0.2) is 15.8 Å². The lowest BCUT2D eigenvalue weighted by atomic mass is 9.95. The molecule has 1 heterocycles. The molecule has 0 aromatic rings. The van der Waals surface area contributed by atoms with Gasteiger partial charge in [0.25, 0.3) is 0 Å². The van der Waals surface area contributed by atoms with Crippen LogP contribution in [0.2, 0.25) is 0 Å². The molecule has 0 aromatic carbocycles. The van der Waals surface area contributed by atoms with Gasteiger partial charge >= 0.3 is 0 Å². The number of rotatable bonds is 4. The third kappa shape index (κ3) is 5.64. The molecule has 1 unspecified atom stereocenters. The van der Waals surface area contributed by atoms with Gasteiger partial charge in [0.05, 0.1) is 11.5 Å². The maximum atomic E-state index is 11.6. The maximum Gasteiger partial charge on any atom is 0.191 e. The number of hydrogen-bond donors (Lipinski definition) is 2. The minimum absolute atomic E-state index is 0.200. The SMILES string of the molecule is O=S1(=O)CCC(CN=C(NC2CCCCC2)NC2CCCCC2)C1. The van der Waals surface area contributed by atoms with Crippen LogP contribution in [0.1, 0.15) is 70.6 Å². The van der Waals surface area contributed by atoms with E-state index in [2.05, 4.69) is 10.6 Å². The first-order chi connectivity index (χ1) is 11.6. The summed E-state index contributed by atoms with van der Waals surface area (Å²) in [7, 11) is -2.81. The number of nitrogens with one attached hydrogen (secondary N) is 2. The molecule has 24 heavy (non-hydrogen) atoms. The number of aliphatic imine (C=N–C) groups is 1. The summed E-state index contributed by atoms with van der Waals surface area (Å²) in [6.07, 6.45) is 13.6. The molecule has 138 valence electrons. The fraction of sp³-hybridized carbons (Fsp3) is 0.944. The second kappa shape index (κ2) is 8.54. The topological polar surface area (TPSA) is 70.6 Å². The Morgan fingerprint density at radius 2 is 1.38 bits per heavy atom. The molecule has 0 spiro atoms. The van der Waals surface area contributed by atoms with Crippen molar-refractivity contribution >= 4 is 15.8 Å². The third-order valence-corrected chi connectivity index (χ3v) is 7.56. The van der Waals surface area contributed by atoms with Gasteiger partial charge in [-0.3, -0.25) is 4.99 Å². The molecule has 1 saturated heterocycles. The van der Waals surface area contributed by atoms with Gasteiger partial charge in [0.1, 0.15) is 0 Å². The van der Waals surface area contributed by atoms with Crippen LogP contribution < -0.4 is 10.6 Å².